The third-order valence-corrected chi connectivity index (χ3v) is 3.48. The molecule has 0 aromatic carbocycles. The number of hydrogen-bond acceptors (Lipinski definition) is 5. The molecule has 0 saturated heterocycles. The fraction of sp³-hybridized carbons (Fsp3) is 0. The van der Waals surface area contributed by atoms with Crippen molar-refractivity contribution >= 4 is 16.9 Å². The lowest BCUT2D eigenvalue weighted by atomic mass is 10.1. The Labute approximate surface area is 126 Å². The molecule has 4 heterocycles. The number of anilines is 1. The standard InChI is InChI=1S/C16H12N6/c17-16-20-7-4-15(21-16)22-10-13(11-2-1-5-18-8-11)12-9-19-6-3-14(12)22/h1-10H,(H2,17,20,21). The van der Waals surface area contributed by atoms with E-state index < -0.39 is 0 Å². The zero-order valence-electron chi connectivity index (χ0n) is 11.6. The van der Waals surface area contributed by atoms with Gasteiger partial charge in [-0.15, -0.1) is 0 Å². The molecular weight excluding hydrogens is 276 g/mol. The summed E-state index contributed by atoms with van der Waals surface area (Å²) in [6.07, 6.45) is 10.9. The molecule has 0 spiro atoms. The van der Waals surface area contributed by atoms with E-state index in [1.54, 1.807) is 18.6 Å². The van der Waals surface area contributed by atoms with Crippen molar-refractivity contribution in [3.05, 3.63) is 61.4 Å². The van der Waals surface area contributed by atoms with Crippen LogP contribution in [0.2, 0.25) is 0 Å². The van der Waals surface area contributed by atoms with Gasteiger partial charge in [-0.05, 0) is 18.2 Å². The van der Waals surface area contributed by atoms with Gasteiger partial charge in [-0.25, -0.2) is 4.98 Å². The SMILES string of the molecule is Nc1nccc(-n2cc(-c3cccnc3)c3cnccc32)n1. The molecule has 6 nitrogen and oxygen atoms in total. The van der Waals surface area contributed by atoms with Gasteiger partial charge in [-0.1, -0.05) is 6.07 Å². The molecular formula is C16H12N6. The Bertz CT molecular complexity index is 945. The van der Waals surface area contributed by atoms with Gasteiger partial charge >= 0.3 is 0 Å². The lowest BCUT2D eigenvalue weighted by Gasteiger charge is -2.03. The molecule has 0 unspecified atom stereocenters. The van der Waals surface area contributed by atoms with Crippen LogP contribution in [0.15, 0.2) is 61.4 Å². The summed E-state index contributed by atoms with van der Waals surface area (Å²) in [5.74, 6) is 0.968. The first kappa shape index (κ1) is 12.5. The van der Waals surface area contributed by atoms with E-state index in [0.717, 1.165) is 27.8 Å². The third kappa shape index (κ3) is 1.98. The highest BCUT2D eigenvalue weighted by atomic mass is 15.1. The van der Waals surface area contributed by atoms with Crippen molar-refractivity contribution in [2.24, 2.45) is 0 Å². The normalized spacial score (nSPS) is 10.9. The van der Waals surface area contributed by atoms with E-state index in [1.165, 1.54) is 0 Å². The van der Waals surface area contributed by atoms with Crippen molar-refractivity contribution in [2.75, 3.05) is 5.73 Å². The smallest absolute Gasteiger partial charge is 0.221 e. The van der Waals surface area contributed by atoms with Crippen LogP contribution in [0.25, 0.3) is 27.8 Å². The molecule has 0 atom stereocenters. The van der Waals surface area contributed by atoms with Crippen molar-refractivity contribution in [1.82, 2.24) is 24.5 Å². The van der Waals surface area contributed by atoms with Crippen molar-refractivity contribution in [1.29, 1.82) is 0 Å². The summed E-state index contributed by atoms with van der Waals surface area (Å²) in [5.41, 5.74) is 8.78. The molecule has 2 N–H and O–H groups in total. The lowest BCUT2D eigenvalue weighted by molar-refractivity contribution is 1.02. The minimum Gasteiger partial charge on any atom is -0.368 e. The summed E-state index contributed by atoms with van der Waals surface area (Å²) in [6.45, 7) is 0. The Morgan fingerprint density at radius 3 is 2.68 bits per heavy atom. The van der Waals surface area contributed by atoms with Crippen LogP contribution in [0, 0.1) is 0 Å². The first-order valence-electron chi connectivity index (χ1n) is 6.77. The zero-order valence-corrected chi connectivity index (χ0v) is 11.6. The highest BCUT2D eigenvalue weighted by molar-refractivity contribution is 5.96. The van der Waals surface area contributed by atoms with E-state index in [-0.39, 0.29) is 5.95 Å². The number of nitrogens with two attached hydrogens (primary N) is 1. The Hall–Kier alpha value is -3.28. The second-order valence-electron chi connectivity index (χ2n) is 4.82. The van der Waals surface area contributed by atoms with Gasteiger partial charge in [0.25, 0.3) is 0 Å². The van der Waals surface area contributed by atoms with Crippen molar-refractivity contribution < 1.29 is 0 Å². The summed E-state index contributed by atoms with van der Waals surface area (Å²) >= 11 is 0. The fourth-order valence-corrected chi connectivity index (χ4v) is 2.51. The Morgan fingerprint density at radius 2 is 1.86 bits per heavy atom. The minimum absolute atomic E-state index is 0.247. The van der Waals surface area contributed by atoms with Gasteiger partial charge in [0.2, 0.25) is 5.95 Å². The maximum atomic E-state index is 5.70. The van der Waals surface area contributed by atoms with Gasteiger partial charge in [0.05, 0.1) is 5.52 Å². The minimum atomic E-state index is 0.247. The highest BCUT2D eigenvalue weighted by Gasteiger charge is 2.12. The number of aromatic nitrogens is 5. The topological polar surface area (TPSA) is 82.5 Å². The van der Waals surface area contributed by atoms with Crippen LogP contribution in [0.3, 0.4) is 0 Å². The van der Waals surface area contributed by atoms with Crippen LogP contribution in [0.5, 0.6) is 0 Å². The van der Waals surface area contributed by atoms with Crippen LogP contribution in [-0.4, -0.2) is 24.5 Å². The summed E-state index contributed by atoms with van der Waals surface area (Å²) in [5, 5.41) is 1.03. The summed E-state index contributed by atoms with van der Waals surface area (Å²) in [7, 11) is 0. The molecule has 0 aliphatic rings. The third-order valence-electron chi connectivity index (χ3n) is 3.48. The highest BCUT2D eigenvalue weighted by Crippen LogP contribution is 2.31. The molecule has 0 radical (unpaired) electrons. The second kappa shape index (κ2) is 4.92. The van der Waals surface area contributed by atoms with Crippen LogP contribution in [-0.2, 0) is 0 Å². The molecule has 0 fully saturated rings. The van der Waals surface area contributed by atoms with E-state index in [4.69, 9.17) is 5.73 Å². The number of nitrogens with zero attached hydrogens (tertiary/aromatic N) is 5. The van der Waals surface area contributed by atoms with Crippen LogP contribution in [0.1, 0.15) is 0 Å². The molecule has 6 heteroatoms. The monoisotopic (exact) mass is 288 g/mol. The van der Waals surface area contributed by atoms with Crippen LogP contribution < -0.4 is 5.73 Å². The average Bonchev–Trinajstić information content (AvgIpc) is 2.95. The number of pyridine rings is 2. The second-order valence-corrected chi connectivity index (χ2v) is 4.82. The summed E-state index contributed by atoms with van der Waals surface area (Å²) < 4.78 is 1.98. The Kier molecular flexibility index (Phi) is 2.79. The van der Waals surface area contributed by atoms with E-state index in [1.807, 2.05) is 47.4 Å². The molecule has 0 saturated carbocycles. The maximum absolute atomic E-state index is 5.70. The molecule has 4 rings (SSSR count). The number of rotatable bonds is 2. The van der Waals surface area contributed by atoms with E-state index >= 15 is 0 Å². The first-order valence-corrected chi connectivity index (χ1v) is 6.77. The molecule has 4 aromatic heterocycles. The quantitative estimate of drug-likeness (QED) is 0.612. The van der Waals surface area contributed by atoms with E-state index in [9.17, 15) is 0 Å². The molecule has 4 aromatic rings. The van der Waals surface area contributed by atoms with Gasteiger partial charge in [-0.3, -0.25) is 9.97 Å². The largest absolute Gasteiger partial charge is 0.368 e. The Balaban J connectivity index is 2.01. The number of fused-ring (bicyclic) bond motifs is 1. The molecule has 0 bridgehead atoms. The van der Waals surface area contributed by atoms with Gasteiger partial charge in [0.1, 0.15) is 5.82 Å². The average molecular weight is 288 g/mol. The summed E-state index contributed by atoms with van der Waals surface area (Å²) in [4.78, 5) is 16.7. The van der Waals surface area contributed by atoms with Crippen LogP contribution >= 0.6 is 0 Å². The molecule has 0 aliphatic carbocycles. The fourth-order valence-electron chi connectivity index (χ4n) is 2.51. The molecule has 106 valence electrons. The Morgan fingerprint density at radius 1 is 0.955 bits per heavy atom. The van der Waals surface area contributed by atoms with Crippen LogP contribution in [0.4, 0.5) is 5.95 Å². The molecule has 0 amide bonds. The van der Waals surface area contributed by atoms with E-state index in [2.05, 4.69) is 19.9 Å². The predicted octanol–water partition coefficient (Wildman–Crippen LogP) is 2.46. The predicted molar refractivity (Wildman–Crippen MR) is 84.3 cm³/mol. The van der Waals surface area contributed by atoms with Crippen molar-refractivity contribution in [3.63, 3.8) is 0 Å². The zero-order chi connectivity index (χ0) is 14.9. The van der Waals surface area contributed by atoms with Gasteiger partial charge < -0.3 is 10.3 Å². The summed E-state index contributed by atoms with van der Waals surface area (Å²) in [6, 6.07) is 7.71. The first-order chi connectivity index (χ1) is 10.8. The van der Waals surface area contributed by atoms with Gasteiger partial charge in [0.15, 0.2) is 0 Å². The molecule has 22 heavy (non-hydrogen) atoms. The van der Waals surface area contributed by atoms with Gasteiger partial charge in [0, 0.05) is 53.7 Å². The van der Waals surface area contributed by atoms with Gasteiger partial charge in [-0.2, -0.15) is 4.98 Å². The maximum Gasteiger partial charge on any atom is 0.221 e. The lowest BCUT2D eigenvalue weighted by Crippen LogP contribution is -2.00. The van der Waals surface area contributed by atoms with Crippen molar-refractivity contribution in [3.8, 4) is 16.9 Å². The van der Waals surface area contributed by atoms with Crippen molar-refractivity contribution in [2.45, 2.75) is 0 Å². The number of nitrogen functional groups attached to an aromatic ring is 1. The number of hydrogen-bond donors (Lipinski definition) is 1. The molecule has 0 aliphatic heterocycles. The van der Waals surface area contributed by atoms with E-state index in [0.29, 0.717) is 0 Å².